The first-order valence-corrected chi connectivity index (χ1v) is 11.7. The molecule has 3 aliphatic carbocycles. The van der Waals surface area contributed by atoms with Crippen molar-refractivity contribution in [2.45, 2.75) is 82.3 Å². The third-order valence-electron chi connectivity index (χ3n) is 6.81. The summed E-state index contributed by atoms with van der Waals surface area (Å²) < 4.78 is 5.50. The highest BCUT2D eigenvalue weighted by Gasteiger charge is 2.35. The fourth-order valence-electron chi connectivity index (χ4n) is 4.68. The molecule has 0 aliphatic heterocycles. The van der Waals surface area contributed by atoms with Crippen LogP contribution in [0, 0.1) is 23.7 Å². The van der Waals surface area contributed by atoms with E-state index in [1.54, 1.807) is 19.4 Å². The second kappa shape index (κ2) is 9.82. The van der Waals surface area contributed by atoms with Gasteiger partial charge in [-0.2, -0.15) is 0 Å². The largest absolute Gasteiger partial charge is 0.381 e. The predicted molar refractivity (Wildman–Crippen MR) is 119 cm³/mol. The maximum atomic E-state index is 13.1. The summed E-state index contributed by atoms with van der Waals surface area (Å²) in [5.74, 6) is 7.52. The van der Waals surface area contributed by atoms with Crippen molar-refractivity contribution in [3.8, 4) is 11.8 Å². The summed E-state index contributed by atoms with van der Waals surface area (Å²) in [6.07, 6.45) is 12.7. The van der Waals surface area contributed by atoms with Crippen LogP contribution in [0.15, 0.2) is 18.3 Å². The van der Waals surface area contributed by atoms with Gasteiger partial charge in [-0.25, -0.2) is 4.98 Å². The van der Waals surface area contributed by atoms with Crippen LogP contribution in [0.1, 0.15) is 76.2 Å². The van der Waals surface area contributed by atoms with Crippen molar-refractivity contribution in [2.24, 2.45) is 11.8 Å². The SMILES string of the molecule is COC1CCCC(C(=O)NC2(C#Cc3ccc(NC(=O)C4CC4)nc3)CCCCC2)C1. The fraction of sp³-hybridized carbons (Fsp3) is 0.640. The molecule has 3 aliphatic rings. The number of nitrogens with zero attached hydrogens (tertiary/aromatic N) is 1. The van der Waals surface area contributed by atoms with Crippen molar-refractivity contribution < 1.29 is 14.3 Å². The van der Waals surface area contributed by atoms with Gasteiger partial charge in [0.15, 0.2) is 0 Å². The van der Waals surface area contributed by atoms with Gasteiger partial charge in [0.05, 0.1) is 6.10 Å². The van der Waals surface area contributed by atoms with Gasteiger partial charge in [-0.3, -0.25) is 9.59 Å². The molecule has 2 amide bonds. The van der Waals surface area contributed by atoms with Crippen LogP contribution in [0.2, 0.25) is 0 Å². The summed E-state index contributed by atoms with van der Waals surface area (Å²) in [4.78, 5) is 29.3. The van der Waals surface area contributed by atoms with E-state index in [-0.39, 0.29) is 29.8 Å². The highest BCUT2D eigenvalue weighted by molar-refractivity contribution is 5.93. The van der Waals surface area contributed by atoms with Crippen LogP contribution in [0.5, 0.6) is 0 Å². The number of amides is 2. The van der Waals surface area contributed by atoms with Gasteiger partial charge in [0.2, 0.25) is 11.8 Å². The highest BCUT2D eigenvalue weighted by atomic mass is 16.5. The second-order valence-corrected chi connectivity index (χ2v) is 9.30. The quantitative estimate of drug-likeness (QED) is 0.706. The Morgan fingerprint density at radius 3 is 2.52 bits per heavy atom. The van der Waals surface area contributed by atoms with Crippen LogP contribution in [-0.4, -0.2) is 35.6 Å². The molecule has 2 N–H and O–H groups in total. The van der Waals surface area contributed by atoms with Gasteiger partial charge >= 0.3 is 0 Å². The molecule has 1 aromatic rings. The Morgan fingerprint density at radius 2 is 1.84 bits per heavy atom. The Hall–Kier alpha value is -2.39. The van der Waals surface area contributed by atoms with Gasteiger partial charge in [-0.05, 0) is 57.1 Å². The molecule has 0 aromatic carbocycles. The van der Waals surface area contributed by atoms with E-state index < -0.39 is 5.54 Å². The van der Waals surface area contributed by atoms with E-state index in [0.29, 0.717) is 5.82 Å². The number of carbonyl (C=O) groups excluding carboxylic acids is 2. The maximum Gasteiger partial charge on any atom is 0.228 e. The van der Waals surface area contributed by atoms with Gasteiger partial charge in [0.1, 0.15) is 11.4 Å². The zero-order valence-corrected chi connectivity index (χ0v) is 18.4. The molecule has 4 rings (SSSR count). The molecular weight excluding hydrogens is 390 g/mol. The van der Waals surface area contributed by atoms with Crippen molar-refractivity contribution >= 4 is 17.6 Å². The third-order valence-corrected chi connectivity index (χ3v) is 6.81. The first kappa shape index (κ1) is 21.8. The molecular formula is C25H33N3O3. The van der Waals surface area contributed by atoms with Crippen molar-refractivity contribution in [3.05, 3.63) is 23.9 Å². The summed E-state index contributed by atoms with van der Waals surface area (Å²) in [5.41, 5.74) is 0.328. The first-order chi connectivity index (χ1) is 15.1. The zero-order valence-electron chi connectivity index (χ0n) is 18.4. The summed E-state index contributed by atoms with van der Waals surface area (Å²) >= 11 is 0. The Morgan fingerprint density at radius 1 is 1.03 bits per heavy atom. The molecule has 166 valence electrons. The number of aromatic nitrogens is 1. The van der Waals surface area contributed by atoms with Crippen LogP contribution in [0.25, 0.3) is 0 Å². The Kier molecular flexibility index (Phi) is 6.92. The van der Waals surface area contributed by atoms with Crippen molar-refractivity contribution in [1.29, 1.82) is 0 Å². The summed E-state index contributed by atoms with van der Waals surface area (Å²) in [7, 11) is 1.73. The molecule has 6 heteroatoms. The van der Waals surface area contributed by atoms with Crippen molar-refractivity contribution in [3.63, 3.8) is 0 Å². The molecule has 2 atom stereocenters. The van der Waals surface area contributed by atoms with Crippen LogP contribution in [0.3, 0.4) is 0 Å². The second-order valence-electron chi connectivity index (χ2n) is 9.30. The topological polar surface area (TPSA) is 80.3 Å². The lowest BCUT2D eigenvalue weighted by Gasteiger charge is -2.36. The van der Waals surface area contributed by atoms with E-state index in [4.69, 9.17) is 4.74 Å². The Labute approximate surface area is 184 Å². The smallest absolute Gasteiger partial charge is 0.228 e. The summed E-state index contributed by atoms with van der Waals surface area (Å²) in [5, 5.41) is 6.18. The first-order valence-electron chi connectivity index (χ1n) is 11.7. The minimum atomic E-state index is -0.464. The number of anilines is 1. The minimum absolute atomic E-state index is 0.00957. The zero-order chi connectivity index (χ0) is 21.7. The molecule has 2 unspecified atom stereocenters. The lowest BCUT2D eigenvalue weighted by Crippen LogP contribution is -2.51. The fourth-order valence-corrected chi connectivity index (χ4v) is 4.68. The number of nitrogens with one attached hydrogen (secondary N) is 2. The number of carbonyl (C=O) groups is 2. The number of hydrogen-bond donors (Lipinski definition) is 2. The molecule has 0 spiro atoms. The minimum Gasteiger partial charge on any atom is -0.381 e. The van der Waals surface area contributed by atoms with Gasteiger partial charge in [-0.15, -0.1) is 0 Å². The summed E-state index contributed by atoms with van der Waals surface area (Å²) in [6.45, 7) is 0. The molecule has 1 aromatic heterocycles. The van der Waals surface area contributed by atoms with E-state index in [9.17, 15) is 9.59 Å². The van der Waals surface area contributed by atoms with Gasteiger partial charge in [0.25, 0.3) is 0 Å². The highest BCUT2D eigenvalue weighted by Crippen LogP contribution is 2.31. The van der Waals surface area contributed by atoms with Gasteiger partial charge in [0, 0.05) is 30.7 Å². The number of rotatable bonds is 5. The van der Waals surface area contributed by atoms with E-state index in [0.717, 1.165) is 69.8 Å². The molecule has 3 fully saturated rings. The third kappa shape index (κ3) is 5.86. The number of ether oxygens (including phenoxy) is 1. The van der Waals surface area contributed by atoms with Gasteiger partial charge < -0.3 is 15.4 Å². The molecule has 6 nitrogen and oxygen atoms in total. The molecule has 0 bridgehead atoms. The van der Waals surface area contributed by atoms with E-state index in [1.807, 2.05) is 6.07 Å². The van der Waals surface area contributed by atoms with Crippen molar-refractivity contribution in [2.75, 3.05) is 12.4 Å². The molecule has 0 saturated heterocycles. The standard InChI is InChI=1S/C25H33N3O3/c1-31-21-7-5-6-20(16-21)24(30)28-25(13-3-2-4-14-25)15-12-18-8-11-22(26-17-18)27-23(29)19-9-10-19/h8,11,17,19-21H,2-7,9-10,13-14,16H2,1H3,(H,28,30)(H,26,27,29). The van der Waals surface area contributed by atoms with Crippen LogP contribution < -0.4 is 10.6 Å². The summed E-state index contributed by atoms with van der Waals surface area (Å²) in [6, 6.07) is 3.68. The molecule has 3 saturated carbocycles. The van der Waals surface area contributed by atoms with Crippen LogP contribution >= 0.6 is 0 Å². The van der Waals surface area contributed by atoms with E-state index in [1.165, 1.54) is 6.42 Å². The Bertz CT molecular complexity index is 845. The molecule has 0 radical (unpaired) electrons. The predicted octanol–water partition coefficient (Wildman–Crippen LogP) is 3.81. The Balaban J connectivity index is 1.42. The van der Waals surface area contributed by atoms with Crippen LogP contribution in [0.4, 0.5) is 5.82 Å². The maximum absolute atomic E-state index is 13.1. The average Bonchev–Trinajstić information content (AvgIpc) is 3.65. The number of pyridine rings is 1. The number of methoxy groups -OCH3 is 1. The van der Waals surface area contributed by atoms with Crippen LogP contribution in [-0.2, 0) is 14.3 Å². The molecule has 31 heavy (non-hydrogen) atoms. The van der Waals surface area contributed by atoms with E-state index in [2.05, 4.69) is 27.5 Å². The van der Waals surface area contributed by atoms with Gasteiger partial charge in [-0.1, -0.05) is 37.5 Å². The van der Waals surface area contributed by atoms with E-state index >= 15 is 0 Å². The monoisotopic (exact) mass is 423 g/mol. The lowest BCUT2D eigenvalue weighted by molar-refractivity contribution is -0.129. The molecule has 1 heterocycles. The normalized spacial score (nSPS) is 25.1. The van der Waals surface area contributed by atoms with Crippen molar-refractivity contribution in [1.82, 2.24) is 10.3 Å². The lowest BCUT2D eigenvalue weighted by atomic mass is 9.80. The number of hydrogen-bond acceptors (Lipinski definition) is 4. The average molecular weight is 424 g/mol.